The van der Waals surface area contributed by atoms with Crippen molar-refractivity contribution in [1.29, 1.82) is 0 Å². The van der Waals surface area contributed by atoms with Crippen LogP contribution >= 0.6 is 0 Å². The van der Waals surface area contributed by atoms with Crippen molar-refractivity contribution < 1.29 is 0 Å². The van der Waals surface area contributed by atoms with Crippen LogP contribution in [0.2, 0.25) is 0 Å². The lowest BCUT2D eigenvalue weighted by atomic mass is 9.93. The van der Waals surface area contributed by atoms with Gasteiger partial charge >= 0.3 is 0 Å². The third kappa shape index (κ3) is 3.03. The summed E-state index contributed by atoms with van der Waals surface area (Å²) in [5, 5.41) is 4.21. The van der Waals surface area contributed by atoms with E-state index in [4.69, 9.17) is 5.84 Å². The second-order valence-corrected chi connectivity index (χ2v) is 5.25. The quantitative estimate of drug-likeness (QED) is 0.652. The molecule has 1 atom stereocenters. The van der Waals surface area contributed by atoms with E-state index in [2.05, 4.69) is 43.4 Å². The predicted octanol–water partition coefficient (Wildman–Crippen LogP) is 2.09. The molecule has 0 saturated carbocycles. The number of hydrogen-bond donors (Lipinski definition) is 2. The third-order valence-corrected chi connectivity index (χ3v) is 3.58. The molecule has 0 aliphatic carbocycles. The Kier molecular flexibility index (Phi) is 4.02. The summed E-state index contributed by atoms with van der Waals surface area (Å²) >= 11 is 0. The lowest BCUT2D eigenvalue weighted by Gasteiger charge is -2.18. The topological polar surface area (TPSA) is 55.9 Å². The minimum absolute atomic E-state index is 0.0915. The molecule has 1 unspecified atom stereocenters. The zero-order chi connectivity index (χ0) is 14.0. The molecule has 2 aromatic rings. The first-order valence-electron chi connectivity index (χ1n) is 6.52. The monoisotopic (exact) mass is 258 g/mol. The average molecular weight is 258 g/mol. The van der Waals surface area contributed by atoms with Gasteiger partial charge in [-0.2, -0.15) is 5.10 Å². The summed E-state index contributed by atoms with van der Waals surface area (Å²) in [6, 6.07) is 4.53. The van der Waals surface area contributed by atoms with Gasteiger partial charge in [-0.25, -0.2) is 0 Å². The smallest absolute Gasteiger partial charge is 0.0538 e. The third-order valence-electron chi connectivity index (χ3n) is 3.58. The Morgan fingerprint density at radius 1 is 1.26 bits per heavy atom. The number of rotatable bonds is 4. The second kappa shape index (κ2) is 5.55. The van der Waals surface area contributed by atoms with Gasteiger partial charge < -0.3 is 0 Å². The zero-order valence-electron chi connectivity index (χ0n) is 12.1. The number of hydrazine groups is 1. The van der Waals surface area contributed by atoms with E-state index in [0.29, 0.717) is 0 Å². The van der Waals surface area contributed by atoms with Crippen molar-refractivity contribution in [3.8, 4) is 0 Å². The number of benzene rings is 1. The fourth-order valence-electron chi connectivity index (χ4n) is 2.63. The Morgan fingerprint density at radius 2 is 1.89 bits per heavy atom. The van der Waals surface area contributed by atoms with Crippen molar-refractivity contribution in [2.24, 2.45) is 12.9 Å². The molecule has 0 aliphatic rings. The molecular formula is C15H22N4. The maximum absolute atomic E-state index is 5.70. The van der Waals surface area contributed by atoms with Crippen LogP contribution in [0.3, 0.4) is 0 Å². The fraction of sp³-hybridized carbons (Fsp3) is 0.400. The first-order chi connectivity index (χ1) is 9.01. The van der Waals surface area contributed by atoms with Gasteiger partial charge in [0.15, 0.2) is 0 Å². The van der Waals surface area contributed by atoms with Crippen molar-refractivity contribution in [2.75, 3.05) is 0 Å². The van der Waals surface area contributed by atoms with Crippen LogP contribution in [0.5, 0.6) is 0 Å². The number of aromatic nitrogens is 2. The summed E-state index contributed by atoms with van der Waals surface area (Å²) in [6.07, 6.45) is 4.74. The van der Waals surface area contributed by atoms with E-state index in [1.54, 1.807) is 4.68 Å². The number of nitrogens with zero attached hydrogens (tertiary/aromatic N) is 2. The van der Waals surface area contributed by atoms with E-state index >= 15 is 0 Å². The molecule has 1 heterocycles. The highest BCUT2D eigenvalue weighted by Gasteiger charge is 2.15. The Hall–Kier alpha value is -1.65. The molecule has 19 heavy (non-hydrogen) atoms. The molecule has 0 radical (unpaired) electrons. The van der Waals surface area contributed by atoms with E-state index < -0.39 is 0 Å². The fourth-order valence-corrected chi connectivity index (χ4v) is 2.63. The van der Waals surface area contributed by atoms with Crippen LogP contribution < -0.4 is 11.3 Å². The van der Waals surface area contributed by atoms with Crippen LogP contribution in [-0.4, -0.2) is 9.78 Å². The van der Waals surface area contributed by atoms with Crippen molar-refractivity contribution in [3.63, 3.8) is 0 Å². The van der Waals surface area contributed by atoms with E-state index in [1.807, 2.05) is 19.4 Å². The molecule has 4 heteroatoms. The van der Waals surface area contributed by atoms with Gasteiger partial charge in [0.25, 0.3) is 0 Å². The van der Waals surface area contributed by atoms with Crippen LogP contribution in [0.4, 0.5) is 0 Å². The predicted molar refractivity (Wildman–Crippen MR) is 77.6 cm³/mol. The molecule has 0 saturated heterocycles. The molecule has 4 nitrogen and oxygen atoms in total. The highest BCUT2D eigenvalue weighted by Crippen LogP contribution is 2.23. The standard InChI is InChI=1S/C15H22N4/c1-10-5-11(2)14(12(3)6-10)7-15(18-16)13-8-17-19(4)9-13/h5-6,8-9,15,18H,7,16H2,1-4H3. The summed E-state index contributed by atoms with van der Waals surface area (Å²) in [4.78, 5) is 0. The lowest BCUT2D eigenvalue weighted by Crippen LogP contribution is -2.29. The molecule has 0 spiro atoms. The highest BCUT2D eigenvalue weighted by molar-refractivity contribution is 5.38. The van der Waals surface area contributed by atoms with Gasteiger partial charge in [0.1, 0.15) is 0 Å². The second-order valence-electron chi connectivity index (χ2n) is 5.25. The van der Waals surface area contributed by atoms with Gasteiger partial charge in [-0.1, -0.05) is 17.7 Å². The molecule has 1 aromatic carbocycles. The average Bonchev–Trinajstić information content (AvgIpc) is 2.75. The Labute approximate surface area is 114 Å². The highest BCUT2D eigenvalue weighted by atomic mass is 15.3. The van der Waals surface area contributed by atoms with E-state index in [1.165, 1.54) is 22.3 Å². The summed E-state index contributed by atoms with van der Waals surface area (Å²) < 4.78 is 1.80. The van der Waals surface area contributed by atoms with Crippen LogP contribution in [0.1, 0.15) is 33.9 Å². The number of nitrogens with one attached hydrogen (secondary N) is 1. The normalized spacial score (nSPS) is 12.7. The lowest BCUT2D eigenvalue weighted by molar-refractivity contribution is 0.549. The Morgan fingerprint density at radius 3 is 2.37 bits per heavy atom. The van der Waals surface area contributed by atoms with Crippen molar-refractivity contribution in [1.82, 2.24) is 15.2 Å². The minimum Gasteiger partial charge on any atom is -0.275 e. The van der Waals surface area contributed by atoms with Gasteiger partial charge in [0, 0.05) is 18.8 Å². The molecule has 0 bridgehead atoms. The van der Waals surface area contributed by atoms with Gasteiger partial charge in [-0.15, -0.1) is 0 Å². The summed E-state index contributed by atoms with van der Waals surface area (Å²) in [5.41, 5.74) is 9.31. The van der Waals surface area contributed by atoms with Crippen molar-refractivity contribution >= 4 is 0 Å². The van der Waals surface area contributed by atoms with Gasteiger partial charge in [0.05, 0.1) is 12.2 Å². The first-order valence-corrected chi connectivity index (χ1v) is 6.52. The Balaban J connectivity index is 2.28. The van der Waals surface area contributed by atoms with E-state index in [9.17, 15) is 0 Å². The van der Waals surface area contributed by atoms with Gasteiger partial charge in [-0.05, 0) is 43.9 Å². The summed E-state index contributed by atoms with van der Waals surface area (Å²) in [5.74, 6) is 5.70. The first kappa shape index (κ1) is 13.8. The van der Waals surface area contributed by atoms with Gasteiger partial charge in [-0.3, -0.25) is 16.0 Å². The van der Waals surface area contributed by atoms with Crippen molar-refractivity contribution in [3.05, 3.63) is 52.3 Å². The number of hydrogen-bond acceptors (Lipinski definition) is 3. The summed E-state index contributed by atoms with van der Waals surface area (Å²) in [7, 11) is 1.92. The molecule has 0 fully saturated rings. The molecule has 3 N–H and O–H groups in total. The maximum atomic E-state index is 5.70. The molecule has 1 aromatic heterocycles. The molecule has 102 valence electrons. The molecule has 2 rings (SSSR count). The van der Waals surface area contributed by atoms with Crippen LogP contribution in [-0.2, 0) is 13.5 Å². The molecule has 0 amide bonds. The maximum Gasteiger partial charge on any atom is 0.0538 e. The van der Waals surface area contributed by atoms with Gasteiger partial charge in [0.2, 0.25) is 0 Å². The van der Waals surface area contributed by atoms with Crippen molar-refractivity contribution in [2.45, 2.75) is 33.2 Å². The zero-order valence-corrected chi connectivity index (χ0v) is 12.1. The Bertz CT molecular complexity index is 548. The summed E-state index contributed by atoms with van der Waals surface area (Å²) in [6.45, 7) is 6.45. The van der Waals surface area contributed by atoms with E-state index in [0.717, 1.165) is 12.0 Å². The SMILES string of the molecule is Cc1cc(C)c(CC(NN)c2cnn(C)c2)c(C)c1. The largest absolute Gasteiger partial charge is 0.275 e. The van der Waals surface area contributed by atoms with E-state index in [-0.39, 0.29) is 6.04 Å². The minimum atomic E-state index is 0.0915. The number of nitrogens with two attached hydrogens (primary N) is 1. The molecule has 0 aliphatic heterocycles. The number of aryl methyl sites for hydroxylation is 4. The van der Waals surface area contributed by atoms with Crippen LogP contribution in [0.25, 0.3) is 0 Å². The molecular weight excluding hydrogens is 236 g/mol. The van der Waals surface area contributed by atoms with Crippen LogP contribution in [0, 0.1) is 20.8 Å². The van der Waals surface area contributed by atoms with Crippen LogP contribution in [0.15, 0.2) is 24.5 Å².